The third-order valence-electron chi connectivity index (χ3n) is 5.25. The van der Waals surface area contributed by atoms with Gasteiger partial charge in [0.15, 0.2) is 0 Å². The third kappa shape index (κ3) is 4.58. The fraction of sp³-hybridized carbons (Fsp3) is 0.364. The topological polar surface area (TPSA) is 61.6 Å². The van der Waals surface area contributed by atoms with E-state index in [1.54, 1.807) is 0 Å². The molecule has 3 aromatic rings. The van der Waals surface area contributed by atoms with Gasteiger partial charge in [0.1, 0.15) is 5.76 Å². The van der Waals surface area contributed by atoms with Gasteiger partial charge in [0, 0.05) is 62.8 Å². The molecule has 1 saturated heterocycles. The zero-order valence-electron chi connectivity index (χ0n) is 16.2. The summed E-state index contributed by atoms with van der Waals surface area (Å²) in [6, 6.07) is 16.1. The van der Waals surface area contributed by atoms with E-state index in [0.29, 0.717) is 6.42 Å². The predicted molar refractivity (Wildman–Crippen MR) is 110 cm³/mol. The molecule has 146 valence electrons. The number of rotatable bonds is 6. The van der Waals surface area contributed by atoms with Crippen molar-refractivity contribution in [1.29, 1.82) is 0 Å². The van der Waals surface area contributed by atoms with Gasteiger partial charge in [-0.3, -0.25) is 9.69 Å². The van der Waals surface area contributed by atoms with Crippen LogP contribution < -0.4 is 5.32 Å². The average molecular weight is 378 g/mol. The second kappa shape index (κ2) is 8.54. The van der Waals surface area contributed by atoms with Gasteiger partial charge in [0.25, 0.3) is 0 Å². The van der Waals surface area contributed by atoms with Crippen molar-refractivity contribution < 1.29 is 9.32 Å². The smallest absolute Gasteiger partial charge is 0.225 e. The molecule has 1 aliphatic rings. The normalized spacial score (nSPS) is 15.8. The Labute approximate surface area is 165 Å². The zero-order chi connectivity index (χ0) is 19.3. The van der Waals surface area contributed by atoms with E-state index in [9.17, 15) is 4.79 Å². The second-order valence-corrected chi connectivity index (χ2v) is 7.37. The van der Waals surface area contributed by atoms with Crippen molar-refractivity contribution in [3.8, 4) is 0 Å². The standard InChI is InChI=1S/C22H26N4O2/c1-17-15-19(24-28-17)16-26-13-11-25(12-14-26)10-9-22(27)23-21-8-4-6-18-5-2-3-7-20(18)21/h2-8,15H,9-14,16H2,1H3,(H,23,27). The molecule has 6 heteroatoms. The summed E-state index contributed by atoms with van der Waals surface area (Å²) in [7, 11) is 0. The van der Waals surface area contributed by atoms with E-state index in [-0.39, 0.29) is 5.91 Å². The highest BCUT2D eigenvalue weighted by Gasteiger charge is 2.18. The summed E-state index contributed by atoms with van der Waals surface area (Å²) >= 11 is 0. The first kappa shape index (κ1) is 18.7. The molecular formula is C22H26N4O2. The first-order valence-electron chi connectivity index (χ1n) is 9.82. The first-order valence-corrected chi connectivity index (χ1v) is 9.82. The van der Waals surface area contributed by atoms with Crippen molar-refractivity contribution in [2.75, 3.05) is 38.0 Å². The number of piperazine rings is 1. The van der Waals surface area contributed by atoms with Crippen LogP contribution in [0.15, 0.2) is 53.1 Å². The number of nitrogens with zero attached hydrogens (tertiary/aromatic N) is 3. The maximum Gasteiger partial charge on any atom is 0.225 e. The third-order valence-corrected chi connectivity index (χ3v) is 5.25. The number of fused-ring (bicyclic) bond motifs is 1. The molecule has 1 fully saturated rings. The van der Waals surface area contributed by atoms with Gasteiger partial charge in [-0.15, -0.1) is 0 Å². The highest BCUT2D eigenvalue weighted by molar-refractivity contribution is 6.02. The number of carbonyl (C=O) groups is 1. The van der Waals surface area contributed by atoms with Crippen LogP contribution in [0.4, 0.5) is 5.69 Å². The van der Waals surface area contributed by atoms with Crippen LogP contribution >= 0.6 is 0 Å². The van der Waals surface area contributed by atoms with Crippen molar-refractivity contribution in [2.45, 2.75) is 19.9 Å². The van der Waals surface area contributed by atoms with E-state index in [2.05, 4.69) is 32.4 Å². The highest BCUT2D eigenvalue weighted by Crippen LogP contribution is 2.23. The molecule has 1 aliphatic heterocycles. The Morgan fingerprint density at radius 1 is 1.07 bits per heavy atom. The minimum atomic E-state index is 0.0665. The Balaban J connectivity index is 1.23. The van der Waals surface area contributed by atoms with Crippen LogP contribution in [0.2, 0.25) is 0 Å². The number of benzene rings is 2. The summed E-state index contributed by atoms with van der Waals surface area (Å²) in [6.07, 6.45) is 0.506. The lowest BCUT2D eigenvalue weighted by atomic mass is 10.1. The summed E-state index contributed by atoms with van der Waals surface area (Å²) in [6.45, 7) is 7.43. The van der Waals surface area contributed by atoms with Crippen LogP contribution in [0.5, 0.6) is 0 Å². The first-order chi connectivity index (χ1) is 13.7. The van der Waals surface area contributed by atoms with Gasteiger partial charge in [-0.05, 0) is 18.4 Å². The molecular weight excluding hydrogens is 352 g/mol. The Bertz CT molecular complexity index is 939. The SMILES string of the molecule is Cc1cc(CN2CCN(CCC(=O)Nc3cccc4ccccc34)CC2)no1. The van der Waals surface area contributed by atoms with E-state index < -0.39 is 0 Å². The van der Waals surface area contributed by atoms with Crippen LogP contribution in [0, 0.1) is 6.92 Å². The number of hydrogen-bond acceptors (Lipinski definition) is 5. The highest BCUT2D eigenvalue weighted by atomic mass is 16.5. The minimum absolute atomic E-state index is 0.0665. The summed E-state index contributed by atoms with van der Waals surface area (Å²) in [4.78, 5) is 17.2. The minimum Gasteiger partial charge on any atom is -0.361 e. The molecule has 2 heterocycles. The van der Waals surface area contributed by atoms with Crippen LogP contribution in [0.3, 0.4) is 0 Å². The van der Waals surface area contributed by atoms with Crippen LogP contribution in [0.25, 0.3) is 10.8 Å². The van der Waals surface area contributed by atoms with Crippen molar-refractivity contribution in [2.24, 2.45) is 0 Å². The lowest BCUT2D eigenvalue weighted by Crippen LogP contribution is -2.46. The molecule has 1 amide bonds. The Morgan fingerprint density at radius 2 is 1.82 bits per heavy atom. The Hall–Kier alpha value is -2.70. The van der Waals surface area contributed by atoms with Gasteiger partial charge in [-0.2, -0.15) is 0 Å². The second-order valence-electron chi connectivity index (χ2n) is 7.37. The zero-order valence-corrected chi connectivity index (χ0v) is 16.2. The number of aromatic nitrogens is 1. The molecule has 28 heavy (non-hydrogen) atoms. The van der Waals surface area contributed by atoms with Crippen LogP contribution in [0.1, 0.15) is 17.9 Å². The van der Waals surface area contributed by atoms with Crippen molar-refractivity contribution in [3.05, 3.63) is 60.0 Å². The Kier molecular flexibility index (Phi) is 5.69. The summed E-state index contributed by atoms with van der Waals surface area (Å²) in [5, 5.41) is 9.36. The number of aryl methyl sites for hydroxylation is 1. The Morgan fingerprint density at radius 3 is 2.61 bits per heavy atom. The van der Waals surface area contributed by atoms with Gasteiger partial charge >= 0.3 is 0 Å². The largest absolute Gasteiger partial charge is 0.361 e. The van der Waals surface area contributed by atoms with Gasteiger partial charge in [-0.25, -0.2) is 0 Å². The van der Waals surface area contributed by atoms with E-state index >= 15 is 0 Å². The molecule has 1 aromatic heterocycles. The maximum absolute atomic E-state index is 12.4. The lowest BCUT2D eigenvalue weighted by Gasteiger charge is -2.34. The van der Waals surface area contributed by atoms with E-state index in [1.807, 2.05) is 43.3 Å². The number of hydrogen-bond donors (Lipinski definition) is 1. The molecule has 1 N–H and O–H groups in total. The molecule has 6 nitrogen and oxygen atoms in total. The fourth-order valence-electron chi connectivity index (χ4n) is 3.70. The summed E-state index contributed by atoms with van der Waals surface area (Å²) in [5.74, 6) is 0.919. The summed E-state index contributed by atoms with van der Waals surface area (Å²) in [5.41, 5.74) is 1.87. The van der Waals surface area contributed by atoms with E-state index in [4.69, 9.17) is 4.52 Å². The number of amides is 1. The van der Waals surface area contributed by atoms with Crippen LogP contribution in [-0.2, 0) is 11.3 Å². The maximum atomic E-state index is 12.4. The number of anilines is 1. The number of carbonyl (C=O) groups excluding carboxylic acids is 1. The van der Waals surface area contributed by atoms with Crippen LogP contribution in [-0.4, -0.2) is 53.6 Å². The van der Waals surface area contributed by atoms with Gasteiger partial charge in [0.2, 0.25) is 5.91 Å². The molecule has 0 aliphatic carbocycles. The average Bonchev–Trinajstić information content (AvgIpc) is 3.12. The van der Waals surface area contributed by atoms with Gasteiger partial charge in [0.05, 0.1) is 5.69 Å². The molecule has 4 rings (SSSR count). The number of nitrogens with one attached hydrogen (secondary N) is 1. The molecule has 0 bridgehead atoms. The lowest BCUT2D eigenvalue weighted by molar-refractivity contribution is -0.116. The quantitative estimate of drug-likeness (QED) is 0.713. The molecule has 0 saturated carbocycles. The van der Waals surface area contributed by atoms with E-state index in [1.165, 1.54) is 0 Å². The molecule has 2 aromatic carbocycles. The van der Waals surface area contributed by atoms with Crippen molar-refractivity contribution >= 4 is 22.4 Å². The monoisotopic (exact) mass is 378 g/mol. The molecule has 0 spiro atoms. The molecule has 0 atom stereocenters. The molecule has 0 radical (unpaired) electrons. The molecule has 0 unspecified atom stereocenters. The summed E-state index contributed by atoms with van der Waals surface area (Å²) < 4.78 is 5.14. The van der Waals surface area contributed by atoms with Crippen molar-refractivity contribution in [1.82, 2.24) is 15.0 Å². The fourth-order valence-corrected chi connectivity index (χ4v) is 3.70. The predicted octanol–water partition coefficient (Wildman–Crippen LogP) is 3.28. The van der Waals surface area contributed by atoms with Gasteiger partial charge < -0.3 is 14.7 Å². The van der Waals surface area contributed by atoms with Crippen molar-refractivity contribution in [3.63, 3.8) is 0 Å². The van der Waals surface area contributed by atoms with Gasteiger partial charge in [-0.1, -0.05) is 41.6 Å². The van der Waals surface area contributed by atoms with E-state index in [0.717, 1.165) is 67.2 Å².